The Morgan fingerprint density at radius 3 is 1.83 bits per heavy atom. The summed E-state index contributed by atoms with van der Waals surface area (Å²) in [5.74, 6) is -3.04. The highest BCUT2D eigenvalue weighted by molar-refractivity contribution is 5.96. The Kier molecular flexibility index (Phi) is 2.95. The van der Waals surface area contributed by atoms with Gasteiger partial charge in [-0.05, 0) is 13.8 Å². The maximum Gasteiger partial charge on any atom is 0.335 e. The molecule has 0 aromatic rings. The van der Waals surface area contributed by atoms with Crippen molar-refractivity contribution >= 4 is 11.9 Å². The largest absolute Gasteiger partial charge is 0.478 e. The highest BCUT2D eigenvalue weighted by Crippen LogP contribution is 2.20. The highest BCUT2D eigenvalue weighted by atomic mass is 19.1. The van der Waals surface area contributed by atoms with Crippen molar-refractivity contribution in [2.45, 2.75) is 19.5 Å². The number of hydrogen-bond acceptors (Lipinski definition) is 2. The molecule has 0 unspecified atom stereocenters. The molecule has 0 aromatic heterocycles. The molecular weight excluding hydrogens is 167 g/mol. The molecule has 0 fully saturated rings. The van der Waals surface area contributed by atoms with Gasteiger partial charge in [-0.25, -0.2) is 14.0 Å². The molecule has 68 valence electrons. The lowest BCUT2D eigenvalue weighted by molar-refractivity contribution is -0.136. The van der Waals surface area contributed by atoms with Crippen molar-refractivity contribution in [3.8, 4) is 0 Å². The Morgan fingerprint density at radius 1 is 1.33 bits per heavy atom. The molecule has 4 nitrogen and oxygen atoms in total. The number of aliphatic carboxylic acids is 2. The average molecular weight is 176 g/mol. The number of rotatable bonds is 3. The van der Waals surface area contributed by atoms with Gasteiger partial charge >= 0.3 is 11.9 Å². The predicted molar refractivity (Wildman–Crippen MR) is 38.5 cm³/mol. The summed E-state index contributed by atoms with van der Waals surface area (Å²) in [5, 5.41) is 16.6. The maximum atomic E-state index is 13.0. The molecule has 0 spiro atoms. The number of carboxylic acids is 2. The Balaban J connectivity index is 4.94. The third kappa shape index (κ3) is 3.14. The maximum absolute atomic E-state index is 13.0. The average Bonchev–Trinajstić information content (AvgIpc) is 1.79. The topological polar surface area (TPSA) is 74.6 Å². The van der Waals surface area contributed by atoms with E-state index in [1.165, 1.54) is 0 Å². The molecule has 0 aliphatic heterocycles. The van der Waals surface area contributed by atoms with E-state index >= 15 is 0 Å². The van der Waals surface area contributed by atoms with Crippen LogP contribution in [0.1, 0.15) is 13.8 Å². The quantitative estimate of drug-likeness (QED) is 0.624. The molecule has 0 heterocycles. The van der Waals surface area contributed by atoms with Crippen LogP contribution in [0.15, 0.2) is 11.6 Å². The van der Waals surface area contributed by atoms with Crippen molar-refractivity contribution < 1.29 is 24.2 Å². The van der Waals surface area contributed by atoms with E-state index in [1.54, 1.807) is 0 Å². The molecule has 2 N–H and O–H groups in total. The van der Waals surface area contributed by atoms with Gasteiger partial charge in [-0.15, -0.1) is 0 Å². The van der Waals surface area contributed by atoms with E-state index in [1.807, 2.05) is 0 Å². The zero-order valence-corrected chi connectivity index (χ0v) is 6.67. The van der Waals surface area contributed by atoms with E-state index in [0.717, 1.165) is 13.8 Å². The van der Waals surface area contributed by atoms with Gasteiger partial charge in [-0.1, -0.05) is 0 Å². The molecule has 0 amide bonds. The first kappa shape index (κ1) is 10.6. The van der Waals surface area contributed by atoms with Crippen LogP contribution in [0.5, 0.6) is 0 Å². The van der Waals surface area contributed by atoms with Gasteiger partial charge in [0.2, 0.25) is 0 Å². The summed E-state index contributed by atoms with van der Waals surface area (Å²) < 4.78 is 13.0. The number of hydrogen-bond donors (Lipinski definition) is 2. The van der Waals surface area contributed by atoms with E-state index in [4.69, 9.17) is 10.2 Å². The van der Waals surface area contributed by atoms with Gasteiger partial charge in [-0.3, -0.25) is 0 Å². The molecule has 0 bridgehead atoms. The van der Waals surface area contributed by atoms with Crippen LogP contribution < -0.4 is 0 Å². The smallest absolute Gasteiger partial charge is 0.335 e. The molecule has 0 aliphatic rings. The molecule has 0 rings (SSSR count). The summed E-state index contributed by atoms with van der Waals surface area (Å²) in [6, 6.07) is 0. The fraction of sp³-hybridized carbons (Fsp3) is 0.429. The van der Waals surface area contributed by atoms with Gasteiger partial charge in [0.15, 0.2) is 0 Å². The van der Waals surface area contributed by atoms with Gasteiger partial charge in [0, 0.05) is 6.08 Å². The first-order chi connectivity index (χ1) is 5.25. The van der Waals surface area contributed by atoms with Crippen LogP contribution in [-0.2, 0) is 9.59 Å². The minimum absolute atomic E-state index is 0.350. The van der Waals surface area contributed by atoms with Crippen molar-refractivity contribution in [1.82, 2.24) is 0 Å². The van der Waals surface area contributed by atoms with Crippen LogP contribution in [0.2, 0.25) is 0 Å². The summed E-state index contributed by atoms with van der Waals surface area (Å²) >= 11 is 0. The minimum atomic E-state index is -2.15. The lowest BCUT2D eigenvalue weighted by atomic mass is 10.00. The van der Waals surface area contributed by atoms with Gasteiger partial charge in [0.25, 0.3) is 0 Å². The van der Waals surface area contributed by atoms with E-state index in [0.29, 0.717) is 6.08 Å². The van der Waals surface area contributed by atoms with Crippen LogP contribution in [0.25, 0.3) is 0 Å². The zero-order valence-electron chi connectivity index (χ0n) is 6.67. The SMILES string of the molecule is CC(C)(F)/C(=C/C(=O)O)C(=O)O. The Bertz CT molecular complexity index is 236. The van der Waals surface area contributed by atoms with Crippen LogP contribution >= 0.6 is 0 Å². The summed E-state index contributed by atoms with van der Waals surface area (Å²) in [4.78, 5) is 20.4. The summed E-state index contributed by atoms with van der Waals surface area (Å²) in [6.45, 7) is 1.96. The lowest BCUT2D eigenvalue weighted by Gasteiger charge is -2.13. The molecule has 0 atom stereocenters. The van der Waals surface area contributed by atoms with Gasteiger partial charge in [0.05, 0.1) is 5.57 Å². The van der Waals surface area contributed by atoms with Crippen molar-refractivity contribution in [2.75, 3.05) is 0 Å². The monoisotopic (exact) mass is 176 g/mol. The Morgan fingerprint density at radius 2 is 1.75 bits per heavy atom. The van der Waals surface area contributed by atoms with E-state index in [2.05, 4.69) is 0 Å². The second kappa shape index (κ2) is 3.34. The molecule has 0 saturated carbocycles. The van der Waals surface area contributed by atoms with Crippen LogP contribution in [0.3, 0.4) is 0 Å². The van der Waals surface area contributed by atoms with Crippen molar-refractivity contribution in [1.29, 1.82) is 0 Å². The van der Waals surface area contributed by atoms with Crippen molar-refractivity contribution in [2.24, 2.45) is 0 Å². The second-order valence-corrected chi connectivity index (χ2v) is 2.67. The van der Waals surface area contributed by atoms with E-state index in [-0.39, 0.29) is 0 Å². The van der Waals surface area contributed by atoms with E-state index < -0.39 is 23.2 Å². The molecular formula is C7H9FO4. The number of carbonyl (C=O) groups is 2. The summed E-state index contributed by atoms with van der Waals surface area (Å²) in [5.41, 5.74) is -2.92. The minimum Gasteiger partial charge on any atom is -0.478 e. The first-order valence-electron chi connectivity index (χ1n) is 3.12. The molecule has 12 heavy (non-hydrogen) atoms. The molecule has 0 radical (unpaired) electrons. The lowest BCUT2D eigenvalue weighted by Crippen LogP contribution is -2.23. The molecule has 0 aliphatic carbocycles. The third-order valence-electron chi connectivity index (χ3n) is 1.14. The van der Waals surface area contributed by atoms with Crippen molar-refractivity contribution in [3.63, 3.8) is 0 Å². The van der Waals surface area contributed by atoms with Gasteiger partial charge in [0.1, 0.15) is 5.67 Å². The van der Waals surface area contributed by atoms with Gasteiger partial charge < -0.3 is 10.2 Å². The molecule has 0 aromatic carbocycles. The molecule has 0 saturated heterocycles. The third-order valence-corrected chi connectivity index (χ3v) is 1.14. The molecule has 5 heteroatoms. The van der Waals surface area contributed by atoms with Gasteiger partial charge in [-0.2, -0.15) is 0 Å². The highest BCUT2D eigenvalue weighted by Gasteiger charge is 2.28. The zero-order chi connectivity index (χ0) is 9.94. The van der Waals surface area contributed by atoms with Crippen LogP contribution in [0.4, 0.5) is 4.39 Å². The fourth-order valence-corrected chi connectivity index (χ4v) is 0.611. The Labute approximate surface area is 68.3 Å². The number of carboxylic acid groups (broad SMARTS) is 2. The Hall–Kier alpha value is -1.39. The summed E-state index contributed by atoms with van der Waals surface area (Å²) in [7, 11) is 0. The summed E-state index contributed by atoms with van der Waals surface area (Å²) in [6.07, 6.45) is 0.350. The first-order valence-corrected chi connectivity index (χ1v) is 3.12. The second-order valence-electron chi connectivity index (χ2n) is 2.67. The predicted octanol–water partition coefficient (Wildman–Crippen LogP) is 0.830. The number of halogens is 1. The van der Waals surface area contributed by atoms with E-state index in [9.17, 15) is 14.0 Å². The van der Waals surface area contributed by atoms with Crippen molar-refractivity contribution in [3.05, 3.63) is 11.6 Å². The normalized spacial score (nSPS) is 12.8. The number of alkyl halides is 1. The van der Waals surface area contributed by atoms with Crippen LogP contribution in [0, 0.1) is 0 Å². The standard InChI is InChI=1S/C7H9FO4/c1-7(2,8)4(6(11)12)3-5(9)10/h3H,1-2H3,(H,9,10)(H,11,12)/b4-3+. The van der Waals surface area contributed by atoms with Crippen LogP contribution in [-0.4, -0.2) is 27.8 Å². The fourth-order valence-electron chi connectivity index (χ4n) is 0.611.